The van der Waals surface area contributed by atoms with Gasteiger partial charge in [-0.1, -0.05) is 54.6 Å². The van der Waals surface area contributed by atoms with Gasteiger partial charge in [-0.2, -0.15) is 5.26 Å². The van der Waals surface area contributed by atoms with Crippen molar-refractivity contribution in [3.8, 4) is 22.9 Å². The van der Waals surface area contributed by atoms with Gasteiger partial charge in [0.2, 0.25) is 0 Å². The number of nitrogens with zero attached hydrogens (tertiary/aromatic N) is 1. The molecule has 0 amide bonds. The van der Waals surface area contributed by atoms with Crippen LogP contribution in [0.15, 0.2) is 78.9 Å². The predicted molar refractivity (Wildman–Crippen MR) is 87.4 cm³/mol. The molecule has 0 aromatic heterocycles. The van der Waals surface area contributed by atoms with E-state index in [9.17, 15) is 0 Å². The molecule has 2 heteroatoms. The van der Waals surface area contributed by atoms with Crippen molar-refractivity contribution in [2.24, 2.45) is 0 Å². The van der Waals surface area contributed by atoms with Crippen LogP contribution in [0.4, 0.5) is 0 Å². The normalized spacial score (nSPS) is 9.95. The lowest BCUT2D eigenvalue weighted by molar-refractivity contribution is 0.306. The van der Waals surface area contributed by atoms with Crippen LogP contribution in [0.2, 0.25) is 0 Å². The van der Waals surface area contributed by atoms with Crippen LogP contribution in [-0.4, -0.2) is 0 Å². The van der Waals surface area contributed by atoms with E-state index in [4.69, 9.17) is 10.00 Å². The standard InChI is InChI=1S/C20H15NO/c21-14-16-6-8-18(9-7-16)19-10-12-20(13-11-19)22-15-17-4-2-1-3-5-17/h1-13H,15H2. The number of hydrogen-bond donors (Lipinski definition) is 0. The fourth-order valence-corrected chi connectivity index (χ4v) is 2.22. The summed E-state index contributed by atoms with van der Waals surface area (Å²) >= 11 is 0. The van der Waals surface area contributed by atoms with Crippen LogP contribution in [-0.2, 0) is 6.61 Å². The van der Waals surface area contributed by atoms with Crippen LogP contribution in [0.3, 0.4) is 0 Å². The van der Waals surface area contributed by atoms with Gasteiger partial charge in [0, 0.05) is 0 Å². The Morgan fingerprint density at radius 1 is 0.727 bits per heavy atom. The van der Waals surface area contributed by atoms with Crippen molar-refractivity contribution in [3.63, 3.8) is 0 Å². The molecule has 0 aliphatic rings. The highest BCUT2D eigenvalue weighted by Crippen LogP contribution is 2.23. The molecule has 0 radical (unpaired) electrons. The maximum Gasteiger partial charge on any atom is 0.119 e. The molecular formula is C20H15NO. The lowest BCUT2D eigenvalue weighted by atomic mass is 10.0. The van der Waals surface area contributed by atoms with E-state index in [1.165, 1.54) is 0 Å². The summed E-state index contributed by atoms with van der Waals surface area (Å²) in [7, 11) is 0. The van der Waals surface area contributed by atoms with Crippen LogP contribution in [0.5, 0.6) is 5.75 Å². The van der Waals surface area contributed by atoms with E-state index in [2.05, 4.69) is 6.07 Å². The third kappa shape index (κ3) is 3.34. The molecule has 0 saturated heterocycles. The Morgan fingerprint density at radius 2 is 1.32 bits per heavy atom. The second kappa shape index (κ2) is 6.60. The quantitative estimate of drug-likeness (QED) is 0.689. The molecule has 22 heavy (non-hydrogen) atoms. The molecule has 0 N–H and O–H groups in total. The van der Waals surface area contributed by atoms with Gasteiger partial charge in [0.15, 0.2) is 0 Å². The highest BCUT2D eigenvalue weighted by Gasteiger charge is 2.00. The van der Waals surface area contributed by atoms with Crippen molar-refractivity contribution < 1.29 is 4.74 Å². The van der Waals surface area contributed by atoms with Gasteiger partial charge in [0.05, 0.1) is 11.6 Å². The zero-order valence-corrected chi connectivity index (χ0v) is 12.1. The molecule has 106 valence electrons. The minimum Gasteiger partial charge on any atom is -0.489 e. The van der Waals surface area contributed by atoms with Crippen molar-refractivity contribution in [3.05, 3.63) is 90.0 Å². The number of hydrogen-bond acceptors (Lipinski definition) is 2. The largest absolute Gasteiger partial charge is 0.489 e. The van der Waals surface area contributed by atoms with Crippen LogP contribution in [0.25, 0.3) is 11.1 Å². The van der Waals surface area contributed by atoms with E-state index in [1.54, 1.807) is 0 Å². The van der Waals surface area contributed by atoms with Crippen molar-refractivity contribution in [2.75, 3.05) is 0 Å². The topological polar surface area (TPSA) is 33.0 Å². The van der Waals surface area contributed by atoms with E-state index in [0.29, 0.717) is 12.2 Å². The Labute approximate surface area is 130 Å². The molecule has 0 heterocycles. The first-order chi connectivity index (χ1) is 10.8. The van der Waals surface area contributed by atoms with Crippen LogP contribution < -0.4 is 4.74 Å². The summed E-state index contributed by atoms with van der Waals surface area (Å²) in [4.78, 5) is 0. The third-order valence-corrected chi connectivity index (χ3v) is 3.45. The molecular weight excluding hydrogens is 270 g/mol. The molecule has 2 nitrogen and oxygen atoms in total. The van der Waals surface area contributed by atoms with Gasteiger partial charge in [0.1, 0.15) is 12.4 Å². The second-order valence-electron chi connectivity index (χ2n) is 4.99. The summed E-state index contributed by atoms with van der Waals surface area (Å²) in [6, 6.07) is 27.8. The minimum absolute atomic E-state index is 0.567. The predicted octanol–water partition coefficient (Wildman–Crippen LogP) is 4.80. The van der Waals surface area contributed by atoms with Crippen LogP contribution in [0, 0.1) is 11.3 Å². The van der Waals surface area contributed by atoms with Crippen molar-refractivity contribution in [1.82, 2.24) is 0 Å². The first-order valence-electron chi connectivity index (χ1n) is 7.12. The summed E-state index contributed by atoms with van der Waals surface area (Å²) in [5.74, 6) is 0.848. The SMILES string of the molecule is N#Cc1ccc(-c2ccc(OCc3ccccc3)cc2)cc1. The zero-order valence-electron chi connectivity index (χ0n) is 12.1. The molecule has 0 fully saturated rings. The Morgan fingerprint density at radius 3 is 1.91 bits per heavy atom. The monoisotopic (exact) mass is 285 g/mol. The van der Waals surface area contributed by atoms with E-state index in [1.807, 2.05) is 78.9 Å². The molecule has 3 aromatic rings. The van der Waals surface area contributed by atoms with Crippen LogP contribution >= 0.6 is 0 Å². The molecule has 0 atom stereocenters. The number of benzene rings is 3. The van der Waals surface area contributed by atoms with Gasteiger partial charge < -0.3 is 4.74 Å². The van der Waals surface area contributed by atoms with Gasteiger partial charge >= 0.3 is 0 Å². The Balaban J connectivity index is 1.68. The second-order valence-corrected chi connectivity index (χ2v) is 4.99. The third-order valence-electron chi connectivity index (χ3n) is 3.45. The molecule has 3 rings (SSSR count). The lowest BCUT2D eigenvalue weighted by Gasteiger charge is -2.07. The van der Waals surface area contributed by atoms with E-state index >= 15 is 0 Å². The molecule has 3 aromatic carbocycles. The summed E-state index contributed by atoms with van der Waals surface area (Å²) in [6.07, 6.45) is 0. The van der Waals surface area contributed by atoms with Gasteiger partial charge in [-0.15, -0.1) is 0 Å². The summed E-state index contributed by atoms with van der Waals surface area (Å²) in [5, 5.41) is 8.82. The molecule has 0 unspecified atom stereocenters. The van der Waals surface area contributed by atoms with E-state index in [-0.39, 0.29) is 0 Å². The first-order valence-corrected chi connectivity index (χ1v) is 7.12. The van der Waals surface area contributed by atoms with Crippen molar-refractivity contribution in [2.45, 2.75) is 6.61 Å². The van der Waals surface area contributed by atoms with Gasteiger partial charge in [-0.25, -0.2) is 0 Å². The van der Waals surface area contributed by atoms with E-state index in [0.717, 1.165) is 22.4 Å². The average molecular weight is 285 g/mol. The maximum absolute atomic E-state index is 8.82. The molecule has 0 aliphatic heterocycles. The average Bonchev–Trinajstić information content (AvgIpc) is 2.61. The van der Waals surface area contributed by atoms with Crippen LogP contribution in [0.1, 0.15) is 11.1 Å². The molecule has 0 bridgehead atoms. The summed E-state index contributed by atoms with van der Waals surface area (Å²) in [6.45, 7) is 0.567. The zero-order chi connectivity index (χ0) is 15.2. The van der Waals surface area contributed by atoms with Gasteiger partial charge in [-0.3, -0.25) is 0 Å². The fourth-order valence-electron chi connectivity index (χ4n) is 2.22. The number of rotatable bonds is 4. The minimum atomic E-state index is 0.567. The Kier molecular flexibility index (Phi) is 4.17. The smallest absolute Gasteiger partial charge is 0.119 e. The first kappa shape index (κ1) is 13.9. The summed E-state index contributed by atoms with van der Waals surface area (Å²) in [5.41, 5.74) is 4.02. The lowest BCUT2D eigenvalue weighted by Crippen LogP contribution is -1.94. The van der Waals surface area contributed by atoms with Crippen molar-refractivity contribution in [1.29, 1.82) is 5.26 Å². The maximum atomic E-state index is 8.82. The van der Waals surface area contributed by atoms with Crippen molar-refractivity contribution >= 4 is 0 Å². The number of nitriles is 1. The highest BCUT2D eigenvalue weighted by atomic mass is 16.5. The number of ether oxygens (including phenoxy) is 1. The molecule has 0 spiro atoms. The fraction of sp³-hybridized carbons (Fsp3) is 0.0500. The molecule has 0 aliphatic carbocycles. The van der Waals surface area contributed by atoms with Gasteiger partial charge in [0.25, 0.3) is 0 Å². The molecule has 0 saturated carbocycles. The Hall–Kier alpha value is -3.05. The highest BCUT2D eigenvalue weighted by molar-refractivity contribution is 5.64. The van der Waals surface area contributed by atoms with Gasteiger partial charge in [-0.05, 0) is 41.0 Å². The Bertz CT molecular complexity index is 769. The summed E-state index contributed by atoms with van der Waals surface area (Å²) < 4.78 is 5.78. The van der Waals surface area contributed by atoms with E-state index < -0.39 is 0 Å².